The van der Waals surface area contributed by atoms with Gasteiger partial charge in [0.2, 0.25) is 0 Å². The van der Waals surface area contributed by atoms with Crippen LogP contribution in [0.1, 0.15) is 56.7 Å². The summed E-state index contributed by atoms with van der Waals surface area (Å²) < 4.78 is 60.8. The van der Waals surface area contributed by atoms with Gasteiger partial charge in [0.05, 0.1) is 29.8 Å². The molecule has 1 amide bonds. The molecule has 0 saturated carbocycles. The second-order valence-corrected chi connectivity index (χ2v) is 12.8. The van der Waals surface area contributed by atoms with Crippen molar-refractivity contribution in [2.45, 2.75) is 63.9 Å². The summed E-state index contributed by atoms with van der Waals surface area (Å²) in [5, 5.41) is 9.63. The van der Waals surface area contributed by atoms with E-state index < -0.39 is 28.9 Å². The van der Waals surface area contributed by atoms with Gasteiger partial charge in [0, 0.05) is 42.8 Å². The summed E-state index contributed by atoms with van der Waals surface area (Å²) in [5.41, 5.74) is -1.14. The van der Waals surface area contributed by atoms with E-state index in [2.05, 4.69) is 0 Å². The number of benzene rings is 3. The summed E-state index contributed by atoms with van der Waals surface area (Å²) in [4.78, 5) is 14.4. The monoisotopic (exact) mass is 654 g/mol. The van der Waals surface area contributed by atoms with Crippen molar-refractivity contribution in [3.8, 4) is 28.7 Å². The number of hydrogen-bond donors (Lipinski definition) is 0. The van der Waals surface area contributed by atoms with Crippen LogP contribution in [-0.4, -0.2) is 56.3 Å². The van der Waals surface area contributed by atoms with Crippen molar-refractivity contribution in [2.24, 2.45) is 0 Å². The molecule has 5 rings (SSSR count). The lowest BCUT2D eigenvalue weighted by Crippen LogP contribution is -2.46. The quantitative estimate of drug-likeness (QED) is 0.218. The Morgan fingerprint density at radius 2 is 1.89 bits per heavy atom. The van der Waals surface area contributed by atoms with Crippen LogP contribution in [0.5, 0.6) is 11.5 Å². The lowest BCUT2D eigenvalue weighted by Gasteiger charge is -2.34. The molecular formula is C35H37ClF2N2O6. The second-order valence-electron chi connectivity index (χ2n) is 12.4. The number of nitrogens with zero attached hydrogens (tertiary/aromatic N) is 2. The molecule has 0 aliphatic carbocycles. The maximum atomic E-state index is 16.3. The molecule has 2 aliphatic rings. The minimum atomic E-state index is -1.21. The number of ether oxygens (including phenoxy) is 5. The molecule has 0 bridgehead atoms. The number of amides is 1. The van der Waals surface area contributed by atoms with E-state index in [0.717, 1.165) is 25.3 Å². The molecule has 11 heteroatoms. The van der Waals surface area contributed by atoms with Crippen molar-refractivity contribution >= 4 is 17.7 Å². The van der Waals surface area contributed by atoms with E-state index in [9.17, 15) is 10.1 Å². The van der Waals surface area contributed by atoms with Gasteiger partial charge in [-0.15, -0.1) is 0 Å². The van der Waals surface area contributed by atoms with Crippen LogP contribution >= 0.6 is 11.6 Å². The highest BCUT2D eigenvalue weighted by atomic mass is 35.5. The van der Waals surface area contributed by atoms with Gasteiger partial charge in [-0.2, -0.15) is 5.26 Å². The van der Waals surface area contributed by atoms with Gasteiger partial charge in [0.15, 0.2) is 23.5 Å². The fraction of sp³-hybridized carbons (Fsp3) is 0.429. The van der Waals surface area contributed by atoms with Crippen LogP contribution in [0.25, 0.3) is 11.1 Å². The first kappa shape index (κ1) is 33.5. The Morgan fingerprint density at radius 3 is 2.57 bits per heavy atom. The highest BCUT2D eigenvalue weighted by Gasteiger charge is 2.46. The Labute approximate surface area is 272 Å². The third-order valence-electron chi connectivity index (χ3n) is 7.81. The molecule has 0 aromatic heterocycles. The molecule has 2 unspecified atom stereocenters. The Hall–Kier alpha value is -3.91. The standard InChI is InChI=1S/C35H37ClF2N2O6/c1-34(2,3)46-33(41)40(4)21-35(23-10-6-5-7-11-23)19-24-27(45-35)18-25(37)31(36)30(24)29-22(20-39)13-14-26(32(29)38)42-16-17-44-28-12-8-9-15-43-28/h5-7,10-11,13-14,18,28H,8-9,12,15-17,19,21H2,1-4H3. The first-order valence-electron chi connectivity index (χ1n) is 15.2. The molecule has 2 heterocycles. The average molecular weight is 655 g/mol. The van der Waals surface area contributed by atoms with Crippen molar-refractivity contribution in [3.63, 3.8) is 0 Å². The van der Waals surface area contributed by atoms with Gasteiger partial charge < -0.3 is 28.6 Å². The van der Waals surface area contributed by atoms with Crippen molar-refractivity contribution in [2.75, 3.05) is 33.4 Å². The zero-order valence-corrected chi connectivity index (χ0v) is 27.1. The molecule has 3 aromatic carbocycles. The highest BCUT2D eigenvalue weighted by Crippen LogP contribution is 2.51. The summed E-state index contributed by atoms with van der Waals surface area (Å²) >= 11 is 6.58. The third kappa shape index (κ3) is 7.22. The largest absolute Gasteiger partial charge is 0.488 e. The van der Waals surface area contributed by atoms with Crippen LogP contribution in [0.4, 0.5) is 13.6 Å². The molecule has 2 aliphatic heterocycles. The molecule has 2 atom stereocenters. The average Bonchev–Trinajstić information content (AvgIpc) is 3.39. The maximum Gasteiger partial charge on any atom is 0.410 e. The number of halogens is 3. The minimum absolute atomic E-state index is 0.0132. The summed E-state index contributed by atoms with van der Waals surface area (Å²) in [6.07, 6.45) is 1.95. The summed E-state index contributed by atoms with van der Waals surface area (Å²) in [6.45, 7) is 6.12. The molecular weight excluding hydrogens is 618 g/mol. The molecule has 3 aromatic rings. The van der Waals surface area contributed by atoms with Crippen LogP contribution in [0.15, 0.2) is 48.5 Å². The van der Waals surface area contributed by atoms with Gasteiger partial charge >= 0.3 is 6.09 Å². The predicted molar refractivity (Wildman–Crippen MR) is 168 cm³/mol. The fourth-order valence-corrected chi connectivity index (χ4v) is 6.01. The Morgan fingerprint density at radius 1 is 1.13 bits per heavy atom. The van der Waals surface area contributed by atoms with E-state index in [0.29, 0.717) is 17.7 Å². The van der Waals surface area contributed by atoms with Gasteiger partial charge in [-0.1, -0.05) is 41.9 Å². The van der Waals surface area contributed by atoms with Crippen LogP contribution in [-0.2, 0) is 26.2 Å². The minimum Gasteiger partial charge on any atom is -0.488 e. The first-order valence-corrected chi connectivity index (χ1v) is 15.6. The summed E-state index contributed by atoms with van der Waals surface area (Å²) in [5.74, 6) is -1.75. The Bertz CT molecular complexity index is 1620. The normalized spacial score (nSPS) is 19.1. The molecule has 1 fully saturated rings. The van der Waals surface area contributed by atoms with E-state index in [1.165, 1.54) is 17.0 Å². The third-order valence-corrected chi connectivity index (χ3v) is 8.18. The van der Waals surface area contributed by atoms with Gasteiger partial charge in [0.1, 0.15) is 23.8 Å². The van der Waals surface area contributed by atoms with Gasteiger partial charge in [0.25, 0.3) is 0 Å². The number of carbonyl (C=O) groups excluding carboxylic acids is 1. The molecule has 8 nitrogen and oxygen atoms in total. The van der Waals surface area contributed by atoms with Crippen LogP contribution in [0, 0.1) is 23.0 Å². The van der Waals surface area contributed by atoms with Gasteiger partial charge in [-0.25, -0.2) is 13.6 Å². The zero-order valence-electron chi connectivity index (χ0n) is 26.3. The van der Waals surface area contributed by atoms with E-state index in [1.54, 1.807) is 27.8 Å². The summed E-state index contributed by atoms with van der Waals surface area (Å²) in [6, 6.07) is 15.1. The Kier molecular flexibility index (Phi) is 10.1. The SMILES string of the molecule is CN(CC1(c2ccccc2)Cc2c(cc(F)c(Cl)c2-c2c(C#N)ccc(OCCOC3CCCCO3)c2F)O1)C(=O)OC(C)(C)C. The molecule has 0 radical (unpaired) electrons. The van der Waals surface area contributed by atoms with Crippen molar-refractivity contribution in [3.05, 3.63) is 81.9 Å². The van der Waals surface area contributed by atoms with E-state index in [4.69, 9.17) is 35.3 Å². The maximum absolute atomic E-state index is 16.3. The number of hydrogen-bond acceptors (Lipinski definition) is 7. The fourth-order valence-electron chi connectivity index (χ4n) is 5.75. The van der Waals surface area contributed by atoms with Crippen molar-refractivity contribution in [1.29, 1.82) is 5.26 Å². The van der Waals surface area contributed by atoms with Crippen LogP contribution in [0.2, 0.25) is 5.02 Å². The van der Waals surface area contributed by atoms with Gasteiger partial charge in [-0.05, 0) is 57.7 Å². The Balaban J connectivity index is 1.51. The first-order chi connectivity index (χ1) is 21.9. The smallest absolute Gasteiger partial charge is 0.410 e. The summed E-state index contributed by atoms with van der Waals surface area (Å²) in [7, 11) is 1.58. The number of likely N-dealkylation sites (N-methyl/N-ethyl adjacent to an activating group) is 1. The van der Waals surface area contributed by atoms with E-state index in [1.807, 2.05) is 36.4 Å². The molecule has 0 spiro atoms. The lowest BCUT2D eigenvalue weighted by molar-refractivity contribution is -0.165. The number of nitriles is 1. The topological polar surface area (TPSA) is 90.3 Å². The number of carbonyl (C=O) groups is 1. The number of rotatable bonds is 9. The molecule has 244 valence electrons. The molecule has 46 heavy (non-hydrogen) atoms. The van der Waals surface area contributed by atoms with E-state index >= 15 is 8.78 Å². The zero-order chi connectivity index (χ0) is 33.1. The number of fused-ring (bicyclic) bond motifs is 1. The molecule has 0 N–H and O–H groups in total. The molecule has 1 saturated heterocycles. The lowest BCUT2D eigenvalue weighted by atomic mass is 9.85. The van der Waals surface area contributed by atoms with E-state index in [-0.39, 0.29) is 65.7 Å². The van der Waals surface area contributed by atoms with Crippen LogP contribution < -0.4 is 9.47 Å². The van der Waals surface area contributed by atoms with Crippen molar-refractivity contribution < 1.29 is 37.3 Å². The van der Waals surface area contributed by atoms with Crippen LogP contribution in [0.3, 0.4) is 0 Å². The second kappa shape index (κ2) is 13.8. The van der Waals surface area contributed by atoms with Gasteiger partial charge in [-0.3, -0.25) is 0 Å². The predicted octanol–water partition coefficient (Wildman–Crippen LogP) is 7.78. The highest BCUT2D eigenvalue weighted by molar-refractivity contribution is 6.34. The van der Waals surface area contributed by atoms with Crippen molar-refractivity contribution in [1.82, 2.24) is 4.90 Å².